The smallest absolute Gasteiger partial charge is 0.286 e. The van der Waals surface area contributed by atoms with Crippen LogP contribution >= 0.6 is 0 Å². The molecule has 29 heavy (non-hydrogen) atoms. The van der Waals surface area contributed by atoms with Crippen LogP contribution in [-0.2, 0) is 13.0 Å². The predicted molar refractivity (Wildman–Crippen MR) is 115 cm³/mol. The standard InChI is InChI=1S/C24H23N3O2/c28-24(22-14-8-18-29-22)25-16-6-15-23-26-20-12-4-5-13-21(20)27(23)17-7-11-19-9-2-1-3-10-19/h1-5,7-14,18H,6,15-17H2,(H,25,28)/b11-7+. The van der Waals surface area contributed by atoms with E-state index >= 15 is 0 Å². The first-order chi connectivity index (χ1) is 14.3. The molecule has 2 aromatic heterocycles. The number of imidazole rings is 1. The summed E-state index contributed by atoms with van der Waals surface area (Å²) in [5.74, 6) is 1.17. The van der Waals surface area contributed by atoms with Crippen LogP contribution in [0.5, 0.6) is 0 Å². The largest absolute Gasteiger partial charge is 0.459 e. The van der Waals surface area contributed by atoms with Crippen molar-refractivity contribution in [2.75, 3.05) is 6.54 Å². The molecule has 5 heteroatoms. The number of allylic oxidation sites excluding steroid dienone is 1. The van der Waals surface area contributed by atoms with Crippen molar-refractivity contribution in [3.05, 3.63) is 96.2 Å². The van der Waals surface area contributed by atoms with E-state index in [0.29, 0.717) is 12.3 Å². The van der Waals surface area contributed by atoms with Gasteiger partial charge in [-0.15, -0.1) is 0 Å². The number of aromatic nitrogens is 2. The van der Waals surface area contributed by atoms with Crippen molar-refractivity contribution in [3.63, 3.8) is 0 Å². The van der Waals surface area contributed by atoms with Crippen LogP contribution in [0.2, 0.25) is 0 Å². The molecular formula is C24H23N3O2. The van der Waals surface area contributed by atoms with Crippen LogP contribution in [0.25, 0.3) is 17.1 Å². The molecule has 4 rings (SSSR count). The molecule has 0 saturated carbocycles. The van der Waals surface area contributed by atoms with Gasteiger partial charge in [-0.2, -0.15) is 0 Å². The van der Waals surface area contributed by atoms with Crippen molar-refractivity contribution in [1.82, 2.24) is 14.9 Å². The van der Waals surface area contributed by atoms with Crippen molar-refractivity contribution < 1.29 is 9.21 Å². The van der Waals surface area contributed by atoms with E-state index in [1.165, 1.54) is 11.8 Å². The number of nitrogens with zero attached hydrogens (tertiary/aromatic N) is 2. The van der Waals surface area contributed by atoms with Gasteiger partial charge in [-0.1, -0.05) is 54.6 Å². The summed E-state index contributed by atoms with van der Waals surface area (Å²) in [6, 6.07) is 21.8. The zero-order valence-electron chi connectivity index (χ0n) is 16.1. The minimum atomic E-state index is -0.186. The second kappa shape index (κ2) is 9.06. The fourth-order valence-corrected chi connectivity index (χ4v) is 3.32. The number of fused-ring (bicyclic) bond motifs is 1. The predicted octanol–water partition coefficient (Wildman–Crippen LogP) is 4.71. The fraction of sp³-hybridized carbons (Fsp3) is 0.167. The molecule has 0 aliphatic rings. The van der Waals surface area contributed by atoms with Crippen molar-refractivity contribution in [1.29, 1.82) is 0 Å². The summed E-state index contributed by atoms with van der Waals surface area (Å²) in [6.07, 6.45) is 7.37. The Hall–Kier alpha value is -3.60. The first-order valence-corrected chi connectivity index (χ1v) is 9.79. The number of rotatable bonds is 8. The Morgan fingerprint density at radius 2 is 1.86 bits per heavy atom. The van der Waals surface area contributed by atoms with Crippen LogP contribution in [0.15, 0.2) is 83.5 Å². The lowest BCUT2D eigenvalue weighted by molar-refractivity contribution is 0.0925. The molecule has 0 atom stereocenters. The maximum Gasteiger partial charge on any atom is 0.286 e. The van der Waals surface area contributed by atoms with Gasteiger partial charge in [-0.25, -0.2) is 4.98 Å². The molecule has 0 aliphatic carbocycles. The number of nitrogens with one attached hydrogen (secondary N) is 1. The zero-order valence-corrected chi connectivity index (χ0v) is 16.1. The Labute approximate surface area is 169 Å². The highest BCUT2D eigenvalue weighted by Gasteiger charge is 2.10. The molecule has 0 saturated heterocycles. The molecule has 0 bridgehead atoms. The lowest BCUT2D eigenvalue weighted by Crippen LogP contribution is -2.24. The van der Waals surface area contributed by atoms with Gasteiger partial charge in [0.1, 0.15) is 5.82 Å². The number of hydrogen-bond donors (Lipinski definition) is 1. The first kappa shape index (κ1) is 18.7. The van der Waals surface area contributed by atoms with Gasteiger partial charge in [0.2, 0.25) is 0 Å². The fourth-order valence-electron chi connectivity index (χ4n) is 3.32. The van der Waals surface area contributed by atoms with E-state index in [1.54, 1.807) is 12.1 Å². The summed E-state index contributed by atoms with van der Waals surface area (Å²) >= 11 is 0. The van der Waals surface area contributed by atoms with Crippen molar-refractivity contribution in [3.8, 4) is 0 Å². The SMILES string of the molecule is O=C(NCCCc1nc2ccccc2n1C/C=C/c1ccccc1)c1ccco1. The Balaban J connectivity index is 1.42. The molecule has 5 nitrogen and oxygen atoms in total. The molecule has 2 heterocycles. The quantitative estimate of drug-likeness (QED) is 0.447. The summed E-state index contributed by atoms with van der Waals surface area (Å²) in [4.78, 5) is 16.8. The molecule has 0 spiro atoms. The number of furan rings is 1. The van der Waals surface area contributed by atoms with E-state index in [9.17, 15) is 4.79 Å². The molecule has 0 fully saturated rings. The van der Waals surface area contributed by atoms with Gasteiger partial charge in [-0.05, 0) is 36.2 Å². The summed E-state index contributed by atoms with van der Waals surface area (Å²) in [6.45, 7) is 1.33. The molecule has 1 amide bonds. The van der Waals surface area contributed by atoms with Crippen molar-refractivity contribution in [2.45, 2.75) is 19.4 Å². The molecule has 4 aromatic rings. The highest BCUT2D eigenvalue weighted by atomic mass is 16.3. The van der Waals surface area contributed by atoms with E-state index in [1.807, 2.05) is 36.4 Å². The topological polar surface area (TPSA) is 60.1 Å². The Morgan fingerprint density at radius 1 is 1.03 bits per heavy atom. The van der Waals surface area contributed by atoms with Crippen molar-refractivity contribution >= 4 is 23.0 Å². The Bertz CT molecular complexity index is 1100. The molecule has 0 unspecified atom stereocenters. The molecular weight excluding hydrogens is 362 g/mol. The van der Waals surface area contributed by atoms with E-state index in [0.717, 1.165) is 36.2 Å². The number of benzene rings is 2. The minimum Gasteiger partial charge on any atom is -0.459 e. The summed E-state index contributed by atoms with van der Waals surface area (Å²) in [5, 5.41) is 2.89. The van der Waals surface area contributed by atoms with Gasteiger partial charge in [0.25, 0.3) is 5.91 Å². The first-order valence-electron chi connectivity index (χ1n) is 9.79. The molecule has 0 radical (unpaired) electrons. The van der Waals surface area contributed by atoms with Gasteiger partial charge in [0, 0.05) is 19.5 Å². The van der Waals surface area contributed by atoms with Crippen molar-refractivity contribution in [2.24, 2.45) is 0 Å². The average Bonchev–Trinajstić information content (AvgIpc) is 3.41. The number of carbonyl (C=O) groups is 1. The second-order valence-corrected chi connectivity index (χ2v) is 6.78. The molecule has 146 valence electrons. The lowest BCUT2D eigenvalue weighted by Gasteiger charge is -2.07. The van der Waals surface area contributed by atoms with Gasteiger partial charge in [0.05, 0.1) is 17.3 Å². The number of hydrogen-bond acceptors (Lipinski definition) is 3. The molecule has 0 aliphatic heterocycles. The summed E-state index contributed by atoms with van der Waals surface area (Å²) < 4.78 is 7.35. The van der Waals surface area contributed by atoms with Crippen LogP contribution in [0.4, 0.5) is 0 Å². The van der Waals surface area contributed by atoms with E-state index < -0.39 is 0 Å². The lowest BCUT2D eigenvalue weighted by atomic mass is 10.2. The number of para-hydroxylation sites is 2. The van der Waals surface area contributed by atoms with Crippen LogP contribution in [-0.4, -0.2) is 22.0 Å². The molecule has 1 N–H and O–H groups in total. The third-order valence-electron chi connectivity index (χ3n) is 4.74. The normalized spacial score (nSPS) is 11.3. The van der Waals surface area contributed by atoms with Gasteiger partial charge >= 0.3 is 0 Å². The van der Waals surface area contributed by atoms with E-state index in [-0.39, 0.29) is 5.91 Å². The maximum absolute atomic E-state index is 12.0. The number of carbonyl (C=O) groups excluding carboxylic acids is 1. The van der Waals surface area contributed by atoms with Gasteiger partial charge in [-0.3, -0.25) is 4.79 Å². The zero-order chi connectivity index (χ0) is 19.9. The van der Waals surface area contributed by atoms with Crippen LogP contribution in [0.1, 0.15) is 28.4 Å². The van der Waals surface area contributed by atoms with Crippen LogP contribution < -0.4 is 5.32 Å². The summed E-state index contributed by atoms with van der Waals surface area (Å²) in [7, 11) is 0. The van der Waals surface area contributed by atoms with Crippen LogP contribution in [0.3, 0.4) is 0 Å². The third kappa shape index (κ3) is 4.63. The highest BCUT2D eigenvalue weighted by Crippen LogP contribution is 2.17. The number of aryl methyl sites for hydroxylation is 1. The van der Waals surface area contributed by atoms with E-state index in [2.05, 4.69) is 40.2 Å². The summed E-state index contributed by atoms with van der Waals surface area (Å²) in [5.41, 5.74) is 3.30. The average molecular weight is 385 g/mol. The molecule has 2 aromatic carbocycles. The Kier molecular flexibility index (Phi) is 5.86. The van der Waals surface area contributed by atoms with E-state index in [4.69, 9.17) is 9.40 Å². The number of amides is 1. The van der Waals surface area contributed by atoms with Crippen LogP contribution in [0, 0.1) is 0 Å². The van der Waals surface area contributed by atoms with Gasteiger partial charge < -0.3 is 14.3 Å². The minimum absolute atomic E-state index is 0.186. The Morgan fingerprint density at radius 3 is 2.69 bits per heavy atom. The highest BCUT2D eigenvalue weighted by molar-refractivity contribution is 5.91. The monoisotopic (exact) mass is 385 g/mol. The maximum atomic E-state index is 12.0. The second-order valence-electron chi connectivity index (χ2n) is 6.78. The van der Waals surface area contributed by atoms with Gasteiger partial charge in [0.15, 0.2) is 5.76 Å². The third-order valence-corrected chi connectivity index (χ3v) is 4.74.